The van der Waals surface area contributed by atoms with Crippen molar-refractivity contribution in [3.8, 4) is 0 Å². The van der Waals surface area contributed by atoms with Crippen LogP contribution in [0.15, 0.2) is 66.0 Å². The molecule has 0 atom stereocenters. The van der Waals surface area contributed by atoms with E-state index in [9.17, 15) is 0 Å². The molecular weight excluding hydrogens is 392 g/mol. The monoisotopic (exact) mass is 418 g/mol. The van der Waals surface area contributed by atoms with Crippen molar-refractivity contribution in [1.29, 1.82) is 0 Å². The van der Waals surface area contributed by atoms with Crippen LogP contribution in [-0.4, -0.2) is 34.1 Å². The summed E-state index contributed by atoms with van der Waals surface area (Å²) in [6, 6.07) is 16.9. The van der Waals surface area contributed by atoms with Crippen molar-refractivity contribution in [1.82, 2.24) is 25.2 Å². The maximum absolute atomic E-state index is 4.47. The minimum Gasteiger partial charge on any atom is -0.356 e. The van der Waals surface area contributed by atoms with E-state index in [0.29, 0.717) is 0 Å². The van der Waals surface area contributed by atoms with E-state index in [1.165, 1.54) is 16.0 Å². The van der Waals surface area contributed by atoms with Crippen molar-refractivity contribution < 1.29 is 0 Å². The number of imidazole rings is 1. The Bertz CT molecular complexity index is 1130. The summed E-state index contributed by atoms with van der Waals surface area (Å²) in [7, 11) is 1.79. The van der Waals surface area contributed by atoms with E-state index >= 15 is 0 Å². The molecule has 0 amide bonds. The van der Waals surface area contributed by atoms with Crippen LogP contribution >= 0.6 is 11.3 Å². The molecule has 0 aliphatic carbocycles. The molecule has 4 rings (SSSR count). The van der Waals surface area contributed by atoms with E-state index in [1.807, 2.05) is 30.7 Å². The fourth-order valence-electron chi connectivity index (χ4n) is 3.31. The van der Waals surface area contributed by atoms with Gasteiger partial charge in [0.1, 0.15) is 0 Å². The molecule has 0 aliphatic heterocycles. The number of para-hydroxylation sites is 2. The zero-order chi connectivity index (χ0) is 20.8. The Hall–Kier alpha value is -3.19. The Balaban J connectivity index is 1.27. The van der Waals surface area contributed by atoms with E-state index in [2.05, 4.69) is 67.4 Å². The molecular formula is C23H26N6S. The number of hydrogen-bond acceptors (Lipinski definition) is 4. The highest BCUT2D eigenvalue weighted by Gasteiger charge is 2.04. The average molecular weight is 419 g/mol. The lowest BCUT2D eigenvalue weighted by atomic mass is 10.1. The van der Waals surface area contributed by atoms with Gasteiger partial charge in [0.2, 0.25) is 0 Å². The molecule has 4 aromatic rings. The van der Waals surface area contributed by atoms with Crippen LogP contribution in [-0.2, 0) is 19.5 Å². The number of benzene rings is 2. The number of aliphatic imine (C=N–C) groups is 1. The lowest BCUT2D eigenvalue weighted by molar-refractivity contribution is 0.790. The van der Waals surface area contributed by atoms with Crippen molar-refractivity contribution in [3.05, 3.63) is 82.1 Å². The van der Waals surface area contributed by atoms with Gasteiger partial charge in [0.15, 0.2) is 5.96 Å². The van der Waals surface area contributed by atoms with Crippen molar-refractivity contribution in [2.24, 2.45) is 4.99 Å². The average Bonchev–Trinajstić information content (AvgIpc) is 3.38. The highest BCUT2D eigenvalue weighted by atomic mass is 32.1. The van der Waals surface area contributed by atoms with Crippen LogP contribution in [0.4, 0.5) is 0 Å². The summed E-state index contributed by atoms with van der Waals surface area (Å²) in [5, 5.41) is 7.87. The summed E-state index contributed by atoms with van der Waals surface area (Å²) >= 11 is 1.74. The van der Waals surface area contributed by atoms with Gasteiger partial charge >= 0.3 is 0 Å². The largest absolute Gasteiger partial charge is 0.356 e. The molecule has 154 valence electrons. The van der Waals surface area contributed by atoms with E-state index in [4.69, 9.17) is 0 Å². The van der Waals surface area contributed by atoms with Gasteiger partial charge in [-0.1, -0.05) is 36.4 Å². The molecule has 2 aromatic heterocycles. The van der Waals surface area contributed by atoms with Crippen molar-refractivity contribution in [3.63, 3.8) is 0 Å². The Morgan fingerprint density at radius 2 is 1.83 bits per heavy atom. The van der Waals surface area contributed by atoms with Gasteiger partial charge in [0, 0.05) is 44.2 Å². The summed E-state index contributed by atoms with van der Waals surface area (Å²) in [6.07, 6.45) is 4.73. The molecule has 0 fully saturated rings. The Morgan fingerprint density at radius 3 is 2.60 bits per heavy atom. The standard InChI is InChI=1S/C23H26N6S/c1-17-13-26-22(30-17)11-12-25-23(24-2)27-14-18-7-9-19(10-8-18)15-29-16-28-20-5-3-4-6-21(20)29/h3-10,13,16H,11-12,14-15H2,1-2H3,(H2,24,25,27). The first-order chi connectivity index (χ1) is 14.7. The maximum atomic E-state index is 4.47. The molecule has 0 aliphatic rings. The molecule has 30 heavy (non-hydrogen) atoms. The second kappa shape index (κ2) is 9.54. The summed E-state index contributed by atoms with van der Waals surface area (Å²) in [5.41, 5.74) is 4.66. The van der Waals surface area contributed by atoms with E-state index in [-0.39, 0.29) is 0 Å². The fourth-order valence-corrected chi connectivity index (χ4v) is 4.09. The second-order valence-electron chi connectivity index (χ2n) is 7.14. The van der Waals surface area contributed by atoms with Crippen LogP contribution in [0, 0.1) is 6.92 Å². The molecule has 7 heteroatoms. The van der Waals surface area contributed by atoms with E-state index < -0.39 is 0 Å². The third-order valence-corrected chi connectivity index (χ3v) is 5.86. The lowest BCUT2D eigenvalue weighted by Gasteiger charge is -2.12. The number of hydrogen-bond donors (Lipinski definition) is 2. The zero-order valence-electron chi connectivity index (χ0n) is 17.3. The number of nitrogens with one attached hydrogen (secondary N) is 2. The van der Waals surface area contributed by atoms with Crippen LogP contribution < -0.4 is 10.6 Å². The van der Waals surface area contributed by atoms with E-state index in [0.717, 1.165) is 48.1 Å². The minimum atomic E-state index is 0.727. The first-order valence-electron chi connectivity index (χ1n) is 10.0. The molecule has 6 nitrogen and oxygen atoms in total. The SMILES string of the molecule is CN=C(NCCc1ncc(C)s1)NCc1ccc(Cn2cnc3ccccc32)cc1. The Kier molecular flexibility index (Phi) is 6.39. The van der Waals surface area contributed by atoms with Gasteiger partial charge in [-0.15, -0.1) is 11.3 Å². The Morgan fingerprint density at radius 1 is 1.03 bits per heavy atom. The first-order valence-corrected chi connectivity index (χ1v) is 10.9. The van der Waals surface area contributed by atoms with Gasteiger partial charge in [-0.3, -0.25) is 4.99 Å². The molecule has 0 saturated heterocycles. The van der Waals surface area contributed by atoms with Crippen LogP contribution in [0.5, 0.6) is 0 Å². The molecule has 2 N–H and O–H groups in total. The van der Waals surface area contributed by atoms with Crippen molar-refractivity contribution in [2.75, 3.05) is 13.6 Å². The molecule has 0 spiro atoms. The lowest BCUT2D eigenvalue weighted by Crippen LogP contribution is -2.37. The first kappa shape index (κ1) is 20.1. The Labute approximate surface area is 180 Å². The minimum absolute atomic E-state index is 0.727. The number of guanidine groups is 1. The fraction of sp³-hybridized carbons (Fsp3) is 0.261. The molecule has 0 radical (unpaired) electrons. The van der Waals surface area contributed by atoms with Crippen LogP contribution in [0.3, 0.4) is 0 Å². The molecule has 2 heterocycles. The third kappa shape index (κ3) is 5.04. The molecule has 2 aromatic carbocycles. The van der Waals surface area contributed by atoms with Gasteiger partial charge in [-0.05, 0) is 30.2 Å². The molecule has 0 saturated carbocycles. The normalized spacial score (nSPS) is 11.7. The van der Waals surface area contributed by atoms with Gasteiger partial charge < -0.3 is 15.2 Å². The number of aryl methyl sites for hydroxylation is 1. The predicted octanol–water partition coefficient (Wildman–Crippen LogP) is 3.76. The molecule has 0 unspecified atom stereocenters. The smallest absolute Gasteiger partial charge is 0.191 e. The number of fused-ring (bicyclic) bond motifs is 1. The highest BCUT2D eigenvalue weighted by Crippen LogP contribution is 2.14. The number of rotatable bonds is 7. The maximum Gasteiger partial charge on any atom is 0.191 e. The number of thiazole rings is 1. The summed E-state index contributed by atoms with van der Waals surface area (Å²) in [4.78, 5) is 14.4. The topological polar surface area (TPSA) is 67.1 Å². The quantitative estimate of drug-likeness (QED) is 0.354. The van der Waals surface area contributed by atoms with E-state index in [1.54, 1.807) is 18.4 Å². The van der Waals surface area contributed by atoms with Crippen molar-refractivity contribution >= 4 is 28.3 Å². The van der Waals surface area contributed by atoms with Crippen LogP contribution in [0.2, 0.25) is 0 Å². The van der Waals surface area contributed by atoms with Crippen molar-refractivity contribution in [2.45, 2.75) is 26.4 Å². The zero-order valence-corrected chi connectivity index (χ0v) is 18.1. The van der Waals surface area contributed by atoms with Gasteiger partial charge in [-0.2, -0.15) is 0 Å². The van der Waals surface area contributed by atoms with Crippen LogP contribution in [0.1, 0.15) is 21.0 Å². The summed E-state index contributed by atoms with van der Waals surface area (Å²) < 4.78 is 2.18. The second-order valence-corrected chi connectivity index (χ2v) is 8.46. The summed E-state index contributed by atoms with van der Waals surface area (Å²) in [5.74, 6) is 0.803. The number of aromatic nitrogens is 3. The predicted molar refractivity (Wildman–Crippen MR) is 124 cm³/mol. The third-order valence-electron chi connectivity index (χ3n) is 4.89. The molecule has 0 bridgehead atoms. The van der Waals surface area contributed by atoms with Gasteiger partial charge in [-0.25, -0.2) is 9.97 Å². The van der Waals surface area contributed by atoms with Gasteiger partial charge in [0.05, 0.1) is 22.4 Å². The van der Waals surface area contributed by atoms with Gasteiger partial charge in [0.25, 0.3) is 0 Å². The number of nitrogens with zero attached hydrogens (tertiary/aromatic N) is 4. The highest BCUT2D eigenvalue weighted by molar-refractivity contribution is 7.11. The van der Waals surface area contributed by atoms with Crippen LogP contribution in [0.25, 0.3) is 11.0 Å². The summed E-state index contributed by atoms with van der Waals surface area (Å²) in [6.45, 7) is 4.43.